The number of hydrogen-bond donors (Lipinski definition) is 4. The molecule has 156 valence electrons. The molecule has 0 aliphatic carbocycles. The highest BCUT2D eigenvalue weighted by molar-refractivity contribution is 7.47. The van der Waals surface area contributed by atoms with E-state index in [1.54, 1.807) is 0 Å². The van der Waals surface area contributed by atoms with E-state index in [4.69, 9.17) is 19.5 Å². The highest BCUT2D eigenvalue weighted by Crippen LogP contribution is 2.44. The van der Waals surface area contributed by atoms with Gasteiger partial charge in [-0.3, -0.25) is 13.6 Å². The molecule has 1 aliphatic heterocycles. The molecule has 0 saturated carbocycles. The van der Waals surface area contributed by atoms with Crippen molar-refractivity contribution in [2.24, 2.45) is 5.92 Å². The van der Waals surface area contributed by atoms with E-state index in [-0.39, 0.29) is 12.4 Å². The van der Waals surface area contributed by atoms with Gasteiger partial charge in [-0.2, -0.15) is 0 Å². The number of phosphoric ester groups is 1. The van der Waals surface area contributed by atoms with Gasteiger partial charge in [-0.05, 0) is 12.3 Å². The Bertz CT molecular complexity index is 862. The van der Waals surface area contributed by atoms with Crippen molar-refractivity contribution in [2.75, 3.05) is 18.9 Å². The normalized spacial score (nSPS) is 27.5. The van der Waals surface area contributed by atoms with Gasteiger partial charge < -0.3 is 25.6 Å². The van der Waals surface area contributed by atoms with Gasteiger partial charge in [0.05, 0.1) is 19.5 Å². The lowest BCUT2D eigenvalue weighted by molar-refractivity contribution is -0.0514. The third-order valence-electron chi connectivity index (χ3n) is 4.35. The summed E-state index contributed by atoms with van der Waals surface area (Å²) in [5.74, 6) is 0.468. The first-order chi connectivity index (χ1) is 13.2. The lowest BCUT2D eigenvalue weighted by Crippen LogP contribution is -2.33. The molecule has 2 aromatic heterocycles. The first kappa shape index (κ1) is 21.1. The van der Waals surface area contributed by atoms with E-state index in [1.807, 2.05) is 13.8 Å². The van der Waals surface area contributed by atoms with Crippen LogP contribution in [0.5, 0.6) is 0 Å². The minimum Gasteiger partial charge on any atom is -0.387 e. The zero-order chi connectivity index (χ0) is 20.5. The van der Waals surface area contributed by atoms with Gasteiger partial charge in [0, 0.05) is 0 Å². The SMILES string of the molecule is CC(C)CCOP(=O)(O)OC[C@H]1O[C@@H](n2cnc3c(N)ncnc32)[C@H](O)[C@@H]1O. The molecule has 12 nitrogen and oxygen atoms in total. The number of aliphatic hydroxyl groups is 2. The minimum atomic E-state index is -4.30. The van der Waals surface area contributed by atoms with Gasteiger partial charge in [-0.15, -0.1) is 0 Å². The number of ether oxygens (including phenoxy) is 1. The summed E-state index contributed by atoms with van der Waals surface area (Å²) in [5.41, 5.74) is 6.38. The van der Waals surface area contributed by atoms with E-state index >= 15 is 0 Å². The molecule has 13 heteroatoms. The molecule has 5 atom stereocenters. The zero-order valence-corrected chi connectivity index (χ0v) is 16.3. The van der Waals surface area contributed by atoms with E-state index in [1.165, 1.54) is 17.2 Å². The van der Waals surface area contributed by atoms with Crippen LogP contribution < -0.4 is 5.73 Å². The van der Waals surface area contributed by atoms with Crippen molar-refractivity contribution in [1.82, 2.24) is 19.5 Å². The van der Waals surface area contributed by atoms with Crippen LogP contribution in [0.15, 0.2) is 12.7 Å². The molecule has 0 radical (unpaired) electrons. The highest BCUT2D eigenvalue weighted by atomic mass is 31.2. The standard InChI is InChI=1S/C15H24N5O7P/c1-8(2)3-4-25-28(23,24)26-5-9-11(21)12(22)15(27-9)20-7-19-10-13(16)17-6-18-14(10)20/h6-9,11-12,15,21-22H,3-5H2,1-2H3,(H,23,24)(H2,16,17,18)/t9-,11-,12-,15-/m1/s1. The Hall–Kier alpha value is -1.66. The summed E-state index contributed by atoms with van der Waals surface area (Å²) >= 11 is 0. The quantitative estimate of drug-likeness (QED) is 0.432. The molecule has 0 spiro atoms. The predicted molar refractivity (Wildman–Crippen MR) is 96.8 cm³/mol. The largest absolute Gasteiger partial charge is 0.472 e. The number of hydrogen-bond acceptors (Lipinski definition) is 10. The Balaban J connectivity index is 1.65. The van der Waals surface area contributed by atoms with Crippen LogP contribution in [0.1, 0.15) is 26.5 Å². The average molecular weight is 417 g/mol. The van der Waals surface area contributed by atoms with Crippen molar-refractivity contribution in [2.45, 2.75) is 44.8 Å². The second kappa shape index (κ2) is 8.37. The van der Waals surface area contributed by atoms with Gasteiger partial charge in [-0.25, -0.2) is 19.5 Å². The third kappa shape index (κ3) is 4.49. The molecule has 28 heavy (non-hydrogen) atoms. The topological polar surface area (TPSA) is 175 Å². The number of nitrogens with zero attached hydrogens (tertiary/aromatic N) is 4. The Morgan fingerprint density at radius 1 is 1.29 bits per heavy atom. The van der Waals surface area contributed by atoms with Crippen LogP contribution in [-0.2, 0) is 18.3 Å². The van der Waals surface area contributed by atoms with Crippen LogP contribution in [-0.4, -0.2) is 66.2 Å². The van der Waals surface area contributed by atoms with Gasteiger partial charge in [0.1, 0.15) is 30.2 Å². The van der Waals surface area contributed by atoms with Crippen LogP contribution in [0.25, 0.3) is 11.2 Å². The molecule has 1 unspecified atom stereocenters. The first-order valence-electron chi connectivity index (χ1n) is 8.76. The van der Waals surface area contributed by atoms with E-state index in [0.29, 0.717) is 23.5 Å². The molecular formula is C15H24N5O7P. The Kier molecular flexibility index (Phi) is 6.30. The highest BCUT2D eigenvalue weighted by Gasteiger charge is 2.45. The Morgan fingerprint density at radius 2 is 2.04 bits per heavy atom. The summed E-state index contributed by atoms with van der Waals surface area (Å²) in [6.07, 6.45) is -1.63. The van der Waals surface area contributed by atoms with Crippen molar-refractivity contribution in [3.63, 3.8) is 0 Å². The number of aromatic nitrogens is 4. The molecule has 1 fully saturated rings. The lowest BCUT2D eigenvalue weighted by atomic mass is 10.1. The average Bonchev–Trinajstić information content (AvgIpc) is 3.16. The molecular weight excluding hydrogens is 393 g/mol. The summed E-state index contributed by atoms with van der Waals surface area (Å²) in [6.45, 7) is 3.52. The van der Waals surface area contributed by atoms with Crippen molar-refractivity contribution in [3.8, 4) is 0 Å². The van der Waals surface area contributed by atoms with E-state index in [9.17, 15) is 19.7 Å². The summed E-state index contributed by atoms with van der Waals surface area (Å²) in [7, 11) is -4.30. The van der Waals surface area contributed by atoms with E-state index in [0.717, 1.165) is 0 Å². The number of nitrogen functional groups attached to an aromatic ring is 1. The molecule has 0 amide bonds. The molecule has 5 N–H and O–H groups in total. The fourth-order valence-electron chi connectivity index (χ4n) is 2.76. The fraction of sp³-hybridized carbons (Fsp3) is 0.667. The number of anilines is 1. The van der Waals surface area contributed by atoms with Crippen molar-refractivity contribution < 1.29 is 33.5 Å². The summed E-state index contributed by atoms with van der Waals surface area (Å²) < 4.78 is 28.7. The maximum Gasteiger partial charge on any atom is 0.472 e. The first-order valence-corrected chi connectivity index (χ1v) is 10.3. The lowest BCUT2D eigenvalue weighted by Gasteiger charge is -2.18. The van der Waals surface area contributed by atoms with Gasteiger partial charge in [0.25, 0.3) is 0 Å². The van der Waals surface area contributed by atoms with E-state index in [2.05, 4.69) is 15.0 Å². The predicted octanol–water partition coefficient (Wildman–Crippen LogP) is 0.207. The second-order valence-electron chi connectivity index (χ2n) is 6.91. The molecule has 0 bridgehead atoms. The van der Waals surface area contributed by atoms with Crippen molar-refractivity contribution in [3.05, 3.63) is 12.7 Å². The Morgan fingerprint density at radius 3 is 2.75 bits per heavy atom. The molecule has 3 heterocycles. The molecule has 0 aromatic carbocycles. The zero-order valence-electron chi connectivity index (χ0n) is 15.5. The van der Waals surface area contributed by atoms with Gasteiger partial charge in [0.2, 0.25) is 0 Å². The van der Waals surface area contributed by atoms with Crippen molar-refractivity contribution >= 4 is 24.8 Å². The summed E-state index contributed by atoms with van der Waals surface area (Å²) in [4.78, 5) is 21.7. The van der Waals surface area contributed by atoms with Crippen LogP contribution in [0.4, 0.5) is 5.82 Å². The van der Waals surface area contributed by atoms with Crippen LogP contribution in [0, 0.1) is 5.92 Å². The van der Waals surface area contributed by atoms with Crippen LogP contribution in [0.2, 0.25) is 0 Å². The number of aliphatic hydroxyl groups excluding tert-OH is 2. The fourth-order valence-corrected chi connectivity index (χ4v) is 3.51. The second-order valence-corrected chi connectivity index (χ2v) is 8.36. The van der Waals surface area contributed by atoms with Gasteiger partial charge >= 0.3 is 7.82 Å². The third-order valence-corrected chi connectivity index (χ3v) is 5.33. The van der Waals surface area contributed by atoms with E-state index < -0.39 is 39.0 Å². The molecule has 1 aliphatic rings. The van der Waals surface area contributed by atoms with Gasteiger partial charge in [0.15, 0.2) is 17.7 Å². The summed E-state index contributed by atoms with van der Waals surface area (Å²) in [5, 5.41) is 20.6. The summed E-state index contributed by atoms with van der Waals surface area (Å²) in [6, 6.07) is 0. The number of rotatable bonds is 8. The molecule has 1 saturated heterocycles. The van der Waals surface area contributed by atoms with Crippen LogP contribution >= 0.6 is 7.82 Å². The monoisotopic (exact) mass is 417 g/mol. The van der Waals surface area contributed by atoms with Gasteiger partial charge in [-0.1, -0.05) is 13.8 Å². The van der Waals surface area contributed by atoms with Crippen molar-refractivity contribution in [1.29, 1.82) is 0 Å². The molecule has 2 aromatic rings. The molecule has 3 rings (SSSR count). The maximum atomic E-state index is 11.9. The minimum absolute atomic E-state index is 0.0624. The number of phosphoric acid groups is 1. The number of imidazole rings is 1. The smallest absolute Gasteiger partial charge is 0.387 e. The number of nitrogens with two attached hydrogens (primary N) is 1. The van der Waals surface area contributed by atoms with Crippen LogP contribution in [0.3, 0.4) is 0 Å². The maximum absolute atomic E-state index is 11.9. The Labute approximate surface area is 160 Å². The number of fused-ring (bicyclic) bond motifs is 1.